The Balaban J connectivity index is 0.00000392. The van der Waals surface area contributed by atoms with Crippen molar-refractivity contribution < 1.29 is 8.42 Å². The van der Waals surface area contributed by atoms with Gasteiger partial charge < -0.3 is 10.6 Å². The summed E-state index contributed by atoms with van der Waals surface area (Å²) in [6.45, 7) is 7.36. The van der Waals surface area contributed by atoms with Crippen molar-refractivity contribution in [2.24, 2.45) is 16.8 Å². The number of hydrogen-bond donors (Lipinski definition) is 2. The van der Waals surface area contributed by atoms with E-state index in [9.17, 15) is 8.42 Å². The second-order valence-electron chi connectivity index (χ2n) is 7.58. The van der Waals surface area contributed by atoms with Gasteiger partial charge in [-0.15, -0.1) is 24.0 Å². The van der Waals surface area contributed by atoms with Crippen molar-refractivity contribution in [3.63, 3.8) is 0 Å². The van der Waals surface area contributed by atoms with Gasteiger partial charge in [-0.1, -0.05) is 32.0 Å². The van der Waals surface area contributed by atoms with E-state index >= 15 is 0 Å². The van der Waals surface area contributed by atoms with E-state index in [1.54, 1.807) is 35.6 Å². The van der Waals surface area contributed by atoms with Crippen LogP contribution in [0.25, 0.3) is 0 Å². The van der Waals surface area contributed by atoms with E-state index in [4.69, 9.17) is 0 Å². The topological polar surface area (TPSA) is 73.8 Å². The SMILES string of the molecule is CN=C(NCCCC(C)C)NCC1CCN(S(=O)(=O)c2ccccc2)CC1.I. The van der Waals surface area contributed by atoms with Gasteiger partial charge >= 0.3 is 0 Å². The van der Waals surface area contributed by atoms with Crippen molar-refractivity contribution in [2.45, 2.75) is 44.4 Å². The molecule has 1 aliphatic heterocycles. The average molecular weight is 522 g/mol. The van der Waals surface area contributed by atoms with Gasteiger partial charge in [-0.05, 0) is 49.7 Å². The fourth-order valence-electron chi connectivity index (χ4n) is 3.27. The third kappa shape index (κ3) is 7.87. The Morgan fingerprint density at radius 3 is 2.39 bits per heavy atom. The van der Waals surface area contributed by atoms with E-state index in [0.717, 1.165) is 44.2 Å². The van der Waals surface area contributed by atoms with Crippen LogP contribution in [0.4, 0.5) is 0 Å². The molecule has 1 aromatic carbocycles. The Morgan fingerprint density at radius 1 is 1.18 bits per heavy atom. The molecule has 1 aliphatic rings. The van der Waals surface area contributed by atoms with Gasteiger partial charge in [-0.3, -0.25) is 4.99 Å². The highest BCUT2D eigenvalue weighted by molar-refractivity contribution is 14.0. The molecule has 1 saturated heterocycles. The molecule has 0 amide bonds. The monoisotopic (exact) mass is 522 g/mol. The molecule has 0 saturated carbocycles. The number of hydrogen-bond acceptors (Lipinski definition) is 3. The summed E-state index contributed by atoms with van der Waals surface area (Å²) in [7, 11) is -1.58. The van der Waals surface area contributed by atoms with Crippen LogP contribution in [0.1, 0.15) is 39.5 Å². The molecule has 0 atom stereocenters. The number of rotatable bonds is 8. The summed E-state index contributed by atoms with van der Waals surface area (Å²) < 4.78 is 27.0. The number of halogens is 1. The largest absolute Gasteiger partial charge is 0.356 e. The van der Waals surface area contributed by atoms with Crippen molar-refractivity contribution in [1.29, 1.82) is 0 Å². The van der Waals surface area contributed by atoms with Crippen molar-refractivity contribution >= 4 is 40.0 Å². The molecule has 8 heteroatoms. The summed E-state index contributed by atoms with van der Waals surface area (Å²) in [6.07, 6.45) is 4.07. The predicted octanol–water partition coefficient (Wildman–Crippen LogP) is 3.31. The molecule has 2 N–H and O–H groups in total. The minimum atomic E-state index is -3.37. The zero-order valence-corrected chi connectivity index (χ0v) is 20.4. The highest BCUT2D eigenvalue weighted by atomic mass is 127. The number of piperidine rings is 1. The highest BCUT2D eigenvalue weighted by Gasteiger charge is 2.29. The van der Waals surface area contributed by atoms with Crippen LogP contribution in [0.15, 0.2) is 40.2 Å². The molecule has 0 aliphatic carbocycles. The number of benzene rings is 1. The normalized spacial score (nSPS) is 16.6. The lowest BCUT2D eigenvalue weighted by atomic mass is 9.98. The van der Waals surface area contributed by atoms with Crippen LogP contribution in [0.2, 0.25) is 0 Å². The van der Waals surface area contributed by atoms with Gasteiger partial charge in [0, 0.05) is 33.2 Å². The van der Waals surface area contributed by atoms with E-state index in [2.05, 4.69) is 29.5 Å². The van der Waals surface area contributed by atoms with Crippen LogP contribution in [0.3, 0.4) is 0 Å². The van der Waals surface area contributed by atoms with Crippen molar-refractivity contribution in [2.75, 3.05) is 33.2 Å². The van der Waals surface area contributed by atoms with Crippen LogP contribution in [0.5, 0.6) is 0 Å². The lowest BCUT2D eigenvalue weighted by Crippen LogP contribution is -2.44. The average Bonchev–Trinajstić information content (AvgIpc) is 2.68. The summed E-state index contributed by atoms with van der Waals surface area (Å²) in [5.74, 6) is 2.01. The first-order chi connectivity index (χ1) is 12.9. The molecule has 160 valence electrons. The van der Waals surface area contributed by atoms with Gasteiger partial charge in [0.1, 0.15) is 0 Å². The quantitative estimate of drug-likeness (QED) is 0.238. The molecule has 6 nitrogen and oxygen atoms in total. The molecule has 1 heterocycles. The lowest BCUT2D eigenvalue weighted by Gasteiger charge is -2.31. The molecule has 2 rings (SSSR count). The van der Waals surface area contributed by atoms with Crippen LogP contribution in [-0.2, 0) is 10.0 Å². The number of nitrogens with zero attached hydrogens (tertiary/aromatic N) is 2. The summed E-state index contributed by atoms with van der Waals surface area (Å²) in [4.78, 5) is 4.65. The Hall–Kier alpha value is -0.870. The van der Waals surface area contributed by atoms with E-state index in [1.165, 1.54) is 6.42 Å². The molecule has 28 heavy (non-hydrogen) atoms. The van der Waals surface area contributed by atoms with Crippen LogP contribution >= 0.6 is 24.0 Å². The first-order valence-electron chi connectivity index (χ1n) is 9.93. The maximum absolute atomic E-state index is 12.7. The van der Waals surface area contributed by atoms with Crippen molar-refractivity contribution in [3.05, 3.63) is 30.3 Å². The molecular formula is C20H35IN4O2S. The number of nitrogens with one attached hydrogen (secondary N) is 2. The van der Waals surface area contributed by atoms with Crippen LogP contribution in [0, 0.1) is 11.8 Å². The van der Waals surface area contributed by atoms with Gasteiger partial charge in [0.15, 0.2) is 5.96 Å². The second-order valence-corrected chi connectivity index (χ2v) is 9.51. The molecule has 1 aromatic rings. The maximum atomic E-state index is 12.7. The Kier molecular flexibility index (Phi) is 11.4. The predicted molar refractivity (Wildman–Crippen MR) is 127 cm³/mol. The van der Waals surface area contributed by atoms with Gasteiger partial charge in [-0.25, -0.2) is 8.42 Å². The highest BCUT2D eigenvalue weighted by Crippen LogP contribution is 2.23. The lowest BCUT2D eigenvalue weighted by molar-refractivity contribution is 0.273. The zero-order valence-electron chi connectivity index (χ0n) is 17.2. The molecule has 0 bridgehead atoms. The van der Waals surface area contributed by atoms with Gasteiger partial charge in [0.25, 0.3) is 0 Å². The third-order valence-electron chi connectivity index (χ3n) is 4.99. The summed E-state index contributed by atoms with van der Waals surface area (Å²) in [5.41, 5.74) is 0. The van der Waals surface area contributed by atoms with E-state index in [1.807, 2.05) is 6.07 Å². The van der Waals surface area contributed by atoms with Gasteiger partial charge in [-0.2, -0.15) is 4.31 Å². The zero-order chi connectivity index (χ0) is 19.7. The molecule has 0 radical (unpaired) electrons. The Morgan fingerprint density at radius 2 is 1.82 bits per heavy atom. The minimum Gasteiger partial charge on any atom is -0.356 e. The number of sulfonamides is 1. The van der Waals surface area contributed by atoms with Crippen molar-refractivity contribution in [3.8, 4) is 0 Å². The Labute approximate surface area is 187 Å². The van der Waals surface area contributed by atoms with Gasteiger partial charge in [0.05, 0.1) is 4.90 Å². The summed E-state index contributed by atoms with van der Waals surface area (Å²) in [6, 6.07) is 8.70. The van der Waals surface area contributed by atoms with Crippen LogP contribution < -0.4 is 10.6 Å². The second kappa shape index (κ2) is 12.6. The minimum absolute atomic E-state index is 0. The fraction of sp³-hybridized carbons (Fsp3) is 0.650. The molecule has 0 aromatic heterocycles. The van der Waals surface area contributed by atoms with Crippen LogP contribution in [-0.4, -0.2) is 51.9 Å². The fourth-order valence-corrected chi connectivity index (χ4v) is 4.76. The standard InChI is InChI=1S/C20H34N4O2S.HI/c1-17(2)8-7-13-22-20(21-3)23-16-18-11-14-24(15-12-18)27(25,26)19-9-5-4-6-10-19;/h4-6,9-10,17-18H,7-8,11-16H2,1-3H3,(H2,21,22,23);1H. The molecular weight excluding hydrogens is 487 g/mol. The van der Waals surface area contributed by atoms with E-state index in [-0.39, 0.29) is 24.0 Å². The number of aliphatic imine (C=N–C) groups is 1. The Bertz CT molecular complexity index is 687. The van der Waals surface area contributed by atoms with E-state index < -0.39 is 10.0 Å². The molecule has 0 spiro atoms. The third-order valence-corrected chi connectivity index (χ3v) is 6.90. The van der Waals surface area contributed by atoms with E-state index in [0.29, 0.717) is 23.9 Å². The van der Waals surface area contributed by atoms with Crippen molar-refractivity contribution in [1.82, 2.24) is 14.9 Å². The first kappa shape index (κ1) is 25.2. The summed E-state index contributed by atoms with van der Waals surface area (Å²) >= 11 is 0. The number of guanidine groups is 1. The first-order valence-corrected chi connectivity index (χ1v) is 11.4. The molecule has 1 fully saturated rings. The summed E-state index contributed by atoms with van der Waals surface area (Å²) in [5, 5.41) is 6.73. The maximum Gasteiger partial charge on any atom is 0.243 e. The molecule has 0 unspecified atom stereocenters. The van der Waals surface area contributed by atoms with Gasteiger partial charge in [0.2, 0.25) is 10.0 Å². The smallest absolute Gasteiger partial charge is 0.243 e.